The van der Waals surface area contributed by atoms with Crippen LogP contribution in [-0.4, -0.2) is 4.92 Å². The summed E-state index contributed by atoms with van der Waals surface area (Å²) in [6.07, 6.45) is 0. The molecule has 0 aliphatic heterocycles. The highest BCUT2D eigenvalue weighted by atomic mass is 16.6. The zero-order valence-electron chi connectivity index (χ0n) is 12.3. The summed E-state index contributed by atoms with van der Waals surface area (Å²) in [4.78, 5) is 11.2. The third-order valence-electron chi connectivity index (χ3n) is 4.14. The van der Waals surface area contributed by atoms with E-state index in [0.717, 1.165) is 27.1 Å². The first-order valence-corrected chi connectivity index (χ1v) is 7.39. The van der Waals surface area contributed by atoms with Crippen molar-refractivity contribution in [2.24, 2.45) is 0 Å². The van der Waals surface area contributed by atoms with Crippen LogP contribution in [0.3, 0.4) is 0 Å². The Balaban J connectivity index is 2.09. The number of nitro groups is 1. The Kier molecular flexibility index (Phi) is 3.05. The number of fused-ring (bicyclic) bond motifs is 2. The first kappa shape index (κ1) is 13.5. The number of benzene rings is 4. The lowest BCUT2D eigenvalue weighted by molar-refractivity contribution is -0.384. The van der Waals surface area contributed by atoms with Crippen molar-refractivity contribution in [1.82, 2.24) is 0 Å². The summed E-state index contributed by atoms with van der Waals surface area (Å²) in [6, 6.07) is 25.2. The second-order valence-corrected chi connectivity index (χ2v) is 5.50. The van der Waals surface area contributed by atoms with Gasteiger partial charge < -0.3 is 0 Å². The van der Waals surface area contributed by atoms with Crippen molar-refractivity contribution in [2.45, 2.75) is 0 Å². The fourth-order valence-corrected chi connectivity index (χ4v) is 3.06. The molecule has 0 spiro atoms. The largest absolute Gasteiger partial charge is 0.277 e. The zero-order chi connectivity index (χ0) is 15.8. The monoisotopic (exact) mass is 299 g/mol. The molecule has 0 amide bonds. The highest BCUT2D eigenvalue weighted by Crippen LogP contribution is 2.37. The van der Waals surface area contributed by atoms with E-state index in [4.69, 9.17) is 0 Å². The summed E-state index contributed by atoms with van der Waals surface area (Å²) in [5.74, 6) is 0. The Hall–Kier alpha value is -3.20. The summed E-state index contributed by atoms with van der Waals surface area (Å²) in [5.41, 5.74) is 1.69. The van der Waals surface area contributed by atoms with E-state index in [9.17, 15) is 10.1 Å². The molecule has 23 heavy (non-hydrogen) atoms. The van der Waals surface area contributed by atoms with Crippen LogP contribution in [0.1, 0.15) is 0 Å². The van der Waals surface area contributed by atoms with Crippen LogP contribution < -0.4 is 0 Å². The minimum atomic E-state index is -0.309. The average molecular weight is 299 g/mol. The molecule has 0 bridgehead atoms. The molecule has 4 aromatic carbocycles. The molecule has 4 rings (SSSR count). The Labute approximate surface area is 133 Å². The van der Waals surface area contributed by atoms with E-state index in [-0.39, 0.29) is 10.6 Å². The molecule has 0 fully saturated rings. The normalized spacial score (nSPS) is 11.0. The van der Waals surface area contributed by atoms with E-state index < -0.39 is 0 Å². The number of hydrogen-bond donors (Lipinski definition) is 0. The van der Waals surface area contributed by atoms with Crippen molar-refractivity contribution in [1.29, 1.82) is 0 Å². The Bertz CT molecular complexity index is 1050. The van der Waals surface area contributed by atoms with E-state index >= 15 is 0 Å². The maximum atomic E-state index is 11.5. The van der Waals surface area contributed by atoms with Gasteiger partial charge in [-0.3, -0.25) is 10.1 Å². The van der Waals surface area contributed by atoms with Crippen LogP contribution in [0.5, 0.6) is 0 Å². The molecule has 0 saturated heterocycles. The predicted molar refractivity (Wildman–Crippen MR) is 93.5 cm³/mol. The van der Waals surface area contributed by atoms with Gasteiger partial charge in [-0.25, -0.2) is 0 Å². The van der Waals surface area contributed by atoms with E-state index in [1.54, 1.807) is 12.1 Å². The van der Waals surface area contributed by atoms with Gasteiger partial charge in [0.15, 0.2) is 0 Å². The third-order valence-corrected chi connectivity index (χ3v) is 4.14. The topological polar surface area (TPSA) is 43.1 Å². The number of hydrogen-bond acceptors (Lipinski definition) is 2. The summed E-state index contributed by atoms with van der Waals surface area (Å²) in [6.45, 7) is 0. The third kappa shape index (κ3) is 2.23. The van der Waals surface area contributed by atoms with Crippen molar-refractivity contribution in [3.63, 3.8) is 0 Å². The summed E-state index contributed by atoms with van der Waals surface area (Å²) < 4.78 is 0. The van der Waals surface area contributed by atoms with E-state index in [1.165, 1.54) is 0 Å². The van der Waals surface area contributed by atoms with Crippen molar-refractivity contribution < 1.29 is 4.92 Å². The maximum absolute atomic E-state index is 11.5. The molecule has 4 aromatic rings. The molecule has 0 N–H and O–H groups in total. The van der Waals surface area contributed by atoms with E-state index in [1.807, 2.05) is 66.7 Å². The van der Waals surface area contributed by atoms with Crippen LogP contribution >= 0.6 is 0 Å². The first-order valence-electron chi connectivity index (χ1n) is 7.39. The van der Waals surface area contributed by atoms with E-state index in [0.29, 0.717) is 5.56 Å². The molecule has 3 heteroatoms. The second kappa shape index (κ2) is 5.21. The van der Waals surface area contributed by atoms with Gasteiger partial charge in [0.05, 0.1) is 10.5 Å². The molecule has 0 unspecified atom stereocenters. The quantitative estimate of drug-likeness (QED) is 0.359. The Morgan fingerprint density at radius 3 is 2.13 bits per heavy atom. The molecule has 0 atom stereocenters. The molecule has 0 aliphatic rings. The van der Waals surface area contributed by atoms with Gasteiger partial charge in [-0.05, 0) is 39.2 Å². The number of nitrogens with zero attached hydrogens (tertiary/aromatic N) is 1. The van der Waals surface area contributed by atoms with Gasteiger partial charge in [-0.2, -0.15) is 0 Å². The van der Waals surface area contributed by atoms with Crippen molar-refractivity contribution in [3.8, 4) is 11.1 Å². The SMILES string of the molecule is O=[N+]([O-])c1ccc2ccccc2c1-c1ccc2ccccc2c1. The molecule has 0 radical (unpaired) electrons. The lowest BCUT2D eigenvalue weighted by atomic mass is 9.95. The van der Waals surface area contributed by atoms with Crippen LogP contribution in [-0.2, 0) is 0 Å². The predicted octanol–water partition coefficient (Wildman–Crippen LogP) is 5.57. The standard InChI is InChI=1S/C20H13NO2/c22-21(23)19-12-11-15-6-3-4-8-18(15)20(19)17-10-9-14-5-1-2-7-16(14)13-17/h1-13H. The van der Waals surface area contributed by atoms with Crippen LogP contribution in [0.2, 0.25) is 0 Å². The Morgan fingerprint density at radius 2 is 1.35 bits per heavy atom. The molecule has 0 heterocycles. The zero-order valence-corrected chi connectivity index (χ0v) is 12.3. The lowest BCUT2D eigenvalue weighted by Gasteiger charge is -2.09. The number of nitro benzene ring substituents is 1. The van der Waals surface area contributed by atoms with Crippen molar-refractivity contribution in [2.75, 3.05) is 0 Å². The highest BCUT2D eigenvalue weighted by molar-refractivity contribution is 6.02. The minimum absolute atomic E-state index is 0.138. The van der Waals surface area contributed by atoms with Gasteiger partial charge in [0.1, 0.15) is 0 Å². The fourth-order valence-electron chi connectivity index (χ4n) is 3.06. The smallest absolute Gasteiger partial charge is 0.258 e. The van der Waals surface area contributed by atoms with E-state index in [2.05, 4.69) is 0 Å². The van der Waals surface area contributed by atoms with Gasteiger partial charge >= 0.3 is 0 Å². The minimum Gasteiger partial charge on any atom is -0.258 e. The molecule has 0 saturated carbocycles. The molecule has 0 aromatic heterocycles. The van der Waals surface area contributed by atoms with Gasteiger partial charge in [0, 0.05) is 6.07 Å². The van der Waals surface area contributed by atoms with Crippen molar-refractivity contribution in [3.05, 3.63) is 89.0 Å². The highest BCUT2D eigenvalue weighted by Gasteiger charge is 2.18. The van der Waals surface area contributed by atoms with Crippen LogP contribution in [0.15, 0.2) is 78.9 Å². The van der Waals surface area contributed by atoms with Crippen LogP contribution in [0.25, 0.3) is 32.7 Å². The van der Waals surface area contributed by atoms with Gasteiger partial charge in [0.25, 0.3) is 5.69 Å². The van der Waals surface area contributed by atoms with Gasteiger partial charge in [-0.15, -0.1) is 0 Å². The van der Waals surface area contributed by atoms with Gasteiger partial charge in [0.2, 0.25) is 0 Å². The molecular weight excluding hydrogens is 286 g/mol. The first-order chi connectivity index (χ1) is 11.2. The molecule has 110 valence electrons. The number of rotatable bonds is 2. The Morgan fingerprint density at radius 1 is 0.696 bits per heavy atom. The average Bonchev–Trinajstić information content (AvgIpc) is 2.60. The summed E-state index contributed by atoms with van der Waals surface area (Å²) in [5, 5.41) is 15.6. The van der Waals surface area contributed by atoms with Crippen LogP contribution in [0, 0.1) is 10.1 Å². The van der Waals surface area contributed by atoms with Crippen molar-refractivity contribution >= 4 is 27.2 Å². The molecular formula is C20H13NO2. The van der Waals surface area contributed by atoms with Crippen LogP contribution in [0.4, 0.5) is 5.69 Å². The molecule has 3 nitrogen and oxygen atoms in total. The second-order valence-electron chi connectivity index (χ2n) is 5.50. The molecule has 0 aliphatic carbocycles. The fraction of sp³-hybridized carbons (Fsp3) is 0. The maximum Gasteiger partial charge on any atom is 0.277 e. The summed E-state index contributed by atoms with van der Waals surface area (Å²) in [7, 11) is 0. The van der Waals surface area contributed by atoms with Gasteiger partial charge in [-0.1, -0.05) is 60.7 Å². The lowest BCUT2D eigenvalue weighted by Crippen LogP contribution is -1.93. The summed E-state index contributed by atoms with van der Waals surface area (Å²) >= 11 is 0.